The van der Waals surface area contributed by atoms with Crippen molar-refractivity contribution in [3.05, 3.63) is 57.3 Å². The molecule has 0 spiro atoms. The van der Waals surface area contributed by atoms with E-state index in [1.807, 2.05) is 12.1 Å². The first-order chi connectivity index (χ1) is 9.66. The molecule has 1 aliphatic rings. The smallest absolute Gasteiger partial charge is 0.127 e. The van der Waals surface area contributed by atoms with Crippen molar-refractivity contribution < 1.29 is 4.74 Å². The lowest BCUT2D eigenvalue weighted by Crippen LogP contribution is -2.18. The first-order valence-electron chi connectivity index (χ1n) is 6.48. The number of para-hydroxylation sites is 1. The minimum absolute atomic E-state index is 0.423. The Balaban J connectivity index is 2.04. The standard InChI is InChI=1S/C15H14Cl2N2O/c16-10-7-12(17)14(19-8-10)13(18)11-5-1-3-9-4-2-6-20-15(9)11/h1,3,5,7-8,13H,2,4,6,18H2. The molecule has 1 aromatic heterocycles. The molecule has 0 radical (unpaired) electrons. The van der Waals surface area contributed by atoms with Crippen LogP contribution in [0.15, 0.2) is 30.5 Å². The predicted octanol–water partition coefficient (Wildman–Crippen LogP) is 3.76. The fourth-order valence-corrected chi connectivity index (χ4v) is 2.96. The molecule has 2 heterocycles. The van der Waals surface area contributed by atoms with Crippen molar-refractivity contribution in [2.45, 2.75) is 18.9 Å². The van der Waals surface area contributed by atoms with Crippen LogP contribution in [0, 0.1) is 0 Å². The minimum atomic E-state index is -0.423. The summed E-state index contributed by atoms with van der Waals surface area (Å²) in [6, 6.07) is 7.25. The van der Waals surface area contributed by atoms with Gasteiger partial charge in [0.05, 0.1) is 28.4 Å². The molecule has 0 saturated carbocycles. The third kappa shape index (κ3) is 2.49. The van der Waals surface area contributed by atoms with E-state index in [4.69, 9.17) is 33.7 Å². The van der Waals surface area contributed by atoms with E-state index < -0.39 is 6.04 Å². The van der Waals surface area contributed by atoms with E-state index in [9.17, 15) is 0 Å². The molecule has 0 saturated heterocycles. The van der Waals surface area contributed by atoms with Crippen LogP contribution in [-0.4, -0.2) is 11.6 Å². The van der Waals surface area contributed by atoms with Crippen molar-refractivity contribution >= 4 is 23.2 Å². The summed E-state index contributed by atoms with van der Waals surface area (Å²) in [7, 11) is 0. The van der Waals surface area contributed by atoms with Crippen molar-refractivity contribution in [2.75, 3.05) is 6.61 Å². The largest absolute Gasteiger partial charge is 0.493 e. The molecule has 1 aliphatic heterocycles. The van der Waals surface area contributed by atoms with Gasteiger partial charge in [-0.3, -0.25) is 4.98 Å². The van der Waals surface area contributed by atoms with E-state index in [0.717, 1.165) is 30.8 Å². The normalized spacial score (nSPS) is 15.3. The van der Waals surface area contributed by atoms with Crippen LogP contribution in [0.5, 0.6) is 5.75 Å². The maximum atomic E-state index is 6.32. The zero-order chi connectivity index (χ0) is 14.1. The Labute approximate surface area is 127 Å². The number of rotatable bonds is 2. The molecule has 3 nitrogen and oxygen atoms in total. The van der Waals surface area contributed by atoms with E-state index in [2.05, 4.69) is 11.1 Å². The molecule has 2 aromatic rings. The third-order valence-electron chi connectivity index (χ3n) is 3.43. The van der Waals surface area contributed by atoms with Crippen LogP contribution in [-0.2, 0) is 6.42 Å². The monoisotopic (exact) mass is 308 g/mol. The maximum Gasteiger partial charge on any atom is 0.127 e. The van der Waals surface area contributed by atoms with Crippen LogP contribution >= 0.6 is 23.2 Å². The van der Waals surface area contributed by atoms with E-state index in [1.165, 1.54) is 5.56 Å². The molecule has 1 unspecified atom stereocenters. The van der Waals surface area contributed by atoms with Crippen molar-refractivity contribution in [3.63, 3.8) is 0 Å². The predicted molar refractivity (Wildman–Crippen MR) is 80.5 cm³/mol. The van der Waals surface area contributed by atoms with Gasteiger partial charge < -0.3 is 10.5 Å². The van der Waals surface area contributed by atoms with Gasteiger partial charge in [-0.05, 0) is 24.5 Å². The highest BCUT2D eigenvalue weighted by atomic mass is 35.5. The molecule has 0 bridgehead atoms. The molecule has 0 fully saturated rings. The average Bonchev–Trinajstić information content (AvgIpc) is 2.46. The lowest BCUT2D eigenvalue weighted by atomic mass is 9.96. The van der Waals surface area contributed by atoms with E-state index >= 15 is 0 Å². The Kier molecular flexibility index (Phi) is 3.83. The summed E-state index contributed by atoms with van der Waals surface area (Å²) >= 11 is 12.1. The number of hydrogen-bond acceptors (Lipinski definition) is 3. The second-order valence-electron chi connectivity index (χ2n) is 4.79. The molecule has 2 N–H and O–H groups in total. The maximum absolute atomic E-state index is 6.32. The molecule has 0 amide bonds. The van der Waals surface area contributed by atoms with Gasteiger partial charge in [-0.2, -0.15) is 0 Å². The first kappa shape index (κ1) is 13.7. The van der Waals surface area contributed by atoms with E-state index in [1.54, 1.807) is 12.3 Å². The van der Waals surface area contributed by atoms with Crippen molar-refractivity contribution in [1.82, 2.24) is 4.98 Å². The fourth-order valence-electron chi connectivity index (χ4n) is 2.46. The van der Waals surface area contributed by atoms with Crippen LogP contribution in [0.2, 0.25) is 10.0 Å². The minimum Gasteiger partial charge on any atom is -0.493 e. The third-order valence-corrected chi connectivity index (χ3v) is 3.94. The molecule has 20 heavy (non-hydrogen) atoms. The lowest BCUT2D eigenvalue weighted by Gasteiger charge is -2.23. The average molecular weight is 309 g/mol. The summed E-state index contributed by atoms with van der Waals surface area (Å²) in [6.45, 7) is 0.721. The number of hydrogen-bond donors (Lipinski definition) is 1. The SMILES string of the molecule is NC(c1cccc2c1OCCC2)c1ncc(Cl)cc1Cl. The highest BCUT2D eigenvalue weighted by molar-refractivity contribution is 6.34. The van der Waals surface area contributed by atoms with Crippen LogP contribution in [0.3, 0.4) is 0 Å². The highest BCUT2D eigenvalue weighted by Gasteiger charge is 2.22. The Hall–Kier alpha value is -1.29. The van der Waals surface area contributed by atoms with Gasteiger partial charge in [0.15, 0.2) is 0 Å². The number of ether oxygens (including phenoxy) is 1. The summed E-state index contributed by atoms with van der Waals surface area (Å²) in [4.78, 5) is 4.26. The Morgan fingerprint density at radius 1 is 1.30 bits per heavy atom. The Morgan fingerprint density at radius 3 is 2.95 bits per heavy atom. The summed E-state index contributed by atoms with van der Waals surface area (Å²) in [5.41, 5.74) is 9.04. The van der Waals surface area contributed by atoms with E-state index in [0.29, 0.717) is 15.7 Å². The first-order valence-corrected chi connectivity index (χ1v) is 7.23. The van der Waals surface area contributed by atoms with E-state index in [-0.39, 0.29) is 0 Å². The number of fused-ring (bicyclic) bond motifs is 1. The van der Waals surface area contributed by atoms with Gasteiger partial charge in [0, 0.05) is 11.8 Å². The highest BCUT2D eigenvalue weighted by Crippen LogP contribution is 2.36. The lowest BCUT2D eigenvalue weighted by molar-refractivity contribution is 0.284. The molecule has 3 rings (SSSR count). The number of nitrogens with zero attached hydrogens (tertiary/aromatic N) is 1. The summed E-state index contributed by atoms with van der Waals surface area (Å²) in [5, 5.41) is 0.968. The Morgan fingerprint density at radius 2 is 2.15 bits per heavy atom. The van der Waals surface area contributed by atoms with Crippen molar-refractivity contribution in [3.8, 4) is 5.75 Å². The Bertz CT molecular complexity index is 646. The van der Waals surface area contributed by atoms with Crippen LogP contribution in [0.1, 0.15) is 29.3 Å². The van der Waals surface area contributed by atoms with Gasteiger partial charge >= 0.3 is 0 Å². The summed E-state index contributed by atoms with van der Waals surface area (Å²) < 4.78 is 5.78. The molecule has 0 aliphatic carbocycles. The van der Waals surface area contributed by atoms with Gasteiger partial charge in [-0.25, -0.2) is 0 Å². The molecule has 1 aromatic carbocycles. The molecule has 1 atom stereocenters. The van der Waals surface area contributed by atoms with Crippen LogP contribution in [0.4, 0.5) is 0 Å². The number of halogens is 2. The topological polar surface area (TPSA) is 48.1 Å². The summed E-state index contributed by atoms with van der Waals surface area (Å²) in [6.07, 6.45) is 3.60. The summed E-state index contributed by atoms with van der Waals surface area (Å²) in [5.74, 6) is 0.874. The van der Waals surface area contributed by atoms with Gasteiger partial charge in [0.25, 0.3) is 0 Å². The second kappa shape index (κ2) is 5.60. The van der Waals surface area contributed by atoms with Gasteiger partial charge in [0.2, 0.25) is 0 Å². The molecular weight excluding hydrogens is 295 g/mol. The molecule has 104 valence electrons. The van der Waals surface area contributed by atoms with Gasteiger partial charge in [-0.15, -0.1) is 0 Å². The molecular formula is C15H14Cl2N2O. The van der Waals surface area contributed by atoms with Crippen LogP contribution < -0.4 is 10.5 Å². The van der Waals surface area contributed by atoms with Crippen molar-refractivity contribution in [1.29, 1.82) is 0 Å². The number of aryl methyl sites for hydroxylation is 1. The quantitative estimate of drug-likeness (QED) is 0.919. The van der Waals surface area contributed by atoms with Crippen LogP contribution in [0.25, 0.3) is 0 Å². The fraction of sp³-hybridized carbons (Fsp3) is 0.267. The van der Waals surface area contributed by atoms with Gasteiger partial charge in [0.1, 0.15) is 5.75 Å². The second-order valence-corrected chi connectivity index (χ2v) is 5.63. The zero-order valence-electron chi connectivity index (χ0n) is 10.8. The zero-order valence-corrected chi connectivity index (χ0v) is 12.3. The van der Waals surface area contributed by atoms with Gasteiger partial charge in [-0.1, -0.05) is 41.4 Å². The number of aromatic nitrogens is 1. The number of pyridine rings is 1. The van der Waals surface area contributed by atoms with Crippen molar-refractivity contribution in [2.24, 2.45) is 5.73 Å². The molecule has 5 heteroatoms. The number of benzene rings is 1. The number of nitrogens with two attached hydrogens (primary N) is 1.